The number of rotatable bonds is 7. The highest BCUT2D eigenvalue weighted by Gasteiger charge is 2.15. The largest absolute Gasteiger partial charge is 0.471 e. The average Bonchev–Trinajstić information content (AvgIpc) is 3.43. The molecule has 8 heteroatoms. The minimum Gasteiger partial charge on any atom is -0.471 e. The lowest BCUT2D eigenvalue weighted by Crippen LogP contribution is -2.11. The van der Waals surface area contributed by atoms with Gasteiger partial charge in [0.1, 0.15) is 11.6 Å². The van der Waals surface area contributed by atoms with Gasteiger partial charge >= 0.3 is 0 Å². The van der Waals surface area contributed by atoms with E-state index in [-0.39, 0.29) is 18.2 Å². The molecule has 0 spiro atoms. The van der Waals surface area contributed by atoms with Crippen LogP contribution in [0, 0.1) is 5.82 Å². The third-order valence-corrected chi connectivity index (χ3v) is 4.46. The van der Waals surface area contributed by atoms with Gasteiger partial charge in [0, 0.05) is 11.6 Å². The average molecular weight is 406 g/mol. The van der Waals surface area contributed by atoms with E-state index in [1.165, 1.54) is 30.0 Å². The van der Waals surface area contributed by atoms with Crippen LogP contribution < -0.4 is 10.1 Å². The highest BCUT2D eigenvalue weighted by atomic mass is 19.1. The number of carbonyl (C=O) groups excluding carboxylic acids is 1. The molecule has 0 fully saturated rings. The molecule has 152 valence electrons. The molecule has 0 aliphatic rings. The maximum absolute atomic E-state index is 13.0. The highest BCUT2D eigenvalue weighted by Crippen LogP contribution is 2.21. The minimum atomic E-state index is -0.442. The first-order valence-electron chi connectivity index (χ1n) is 9.39. The summed E-state index contributed by atoms with van der Waals surface area (Å²) in [4.78, 5) is 12.4. The van der Waals surface area contributed by atoms with Gasteiger partial charge in [-0.15, -0.1) is 0 Å². The fourth-order valence-corrected chi connectivity index (χ4v) is 2.79. The Morgan fingerprint density at radius 1 is 1.17 bits per heavy atom. The third-order valence-electron chi connectivity index (χ3n) is 4.46. The van der Waals surface area contributed by atoms with Crippen molar-refractivity contribution in [3.05, 3.63) is 84.1 Å². The topological polar surface area (TPSA) is 82.2 Å². The molecule has 0 radical (unpaired) electrons. The number of aryl methyl sites for hydroxylation is 1. The van der Waals surface area contributed by atoms with Crippen LogP contribution in [0.2, 0.25) is 0 Å². The zero-order chi connectivity index (χ0) is 20.9. The number of nitrogens with zero attached hydrogens (tertiary/aromatic N) is 3. The number of aromatic nitrogens is 3. The number of hydrogen-bond donors (Lipinski definition) is 1. The van der Waals surface area contributed by atoms with Crippen LogP contribution in [0.15, 0.2) is 71.5 Å². The van der Waals surface area contributed by atoms with Crippen molar-refractivity contribution < 1.29 is 18.4 Å². The molecule has 1 N–H and O–H groups in total. The molecule has 30 heavy (non-hydrogen) atoms. The number of carbonyl (C=O) groups is 1. The first kappa shape index (κ1) is 19.4. The summed E-state index contributed by atoms with van der Waals surface area (Å²) in [5.74, 6) is 0.320. The van der Waals surface area contributed by atoms with Gasteiger partial charge in [0.05, 0.1) is 18.1 Å². The molecule has 4 aromatic rings. The van der Waals surface area contributed by atoms with Crippen molar-refractivity contribution in [2.45, 2.75) is 20.1 Å². The van der Waals surface area contributed by atoms with Crippen molar-refractivity contribution in [3.63, 3.8) is 0 Å². The molecule has 4 rings (SSSR count). The summed E-state index contributed by atoms with van der Waals surface area (Å²) >= 11 is 0. The number of halogens is 1. The molecule has 2 aromatic carbocycles. The summed E-state index contributed by atoms with van der Waals surface area (Å²) in [6.07, 6.45) is 4.14. The lowest BCUT2D eigenvalue weighted by molar-refractivity contribution is 0.101. The summed E-state index contributed by atoms with van der Waals surface area (Å²) in [6.45, 7) is 2.30. The molecule has 0 aliphatic heterocycles. The number of anilines is 1. The van der Waals surface area contributed by atoms with Gasteiger partial charge in [0.15, 0.2) is 18.2 Å². The van der Waals surface area contributed by atoms with Crippen molar-refractivity contribution in [1.29, 1.82) is 0 Å². The van der Waals surface area contributed by atoms with Gasteiger partial charge < -0.3 is 14.6 Å². The van der Waals surface area contributed by atoms with Crippen LogP contribution in [-0.2, 0) is 13.2 Å². The van der Waals surface area contributed by atoms with Crippen LogP contribution in [0.25, 0.3) is 11.3 Å². The number of benzene rings is 2. The second kappa shape index (κ2) is 8.60. The molecule has 2 aromatic heterocycles. The Morgan fingerprint density at radius 2 is 1.93 bits per heavy atom. The van der Waals surface area contributed by atoms with E-state index in [2.05, 4.69) is 22.5 Å². The normalized spacial score (nSPS) is 10.7. The van der Waals surface area contributed by atoms with Crippen LogP contribution in [-0.4, -0.2) is 20.8 Å². The van der Waals surface area contributed by atoms with E-state index in [4.69, 9.17) is 9.26 Å². The van der Waals surface area contributed by atoms with E-state index in [9.17, 15) is 9.18 Å². The maximum atomic E-state index is 13.0. The van der Waals surface area contributed by atoms with E-state index in [1.54, 1.807) is 23.0 Å². The Morgan fingerprint density at radius 3 is 2.67 bits per heavy atom. The molecule has 7 nitrogen and oxygen atoms in total. The van der Waals surface area contributed by atoms with Gasteiger partial charge in [0.2, 0.25) is 0 Å². The van der Waals surface area contributed by atoms with Crippen LogP contribution in [0.5, 0.6) is 5.75 Å². The Hall–Kier alpha value is -3.94. The molecule has 0 saturated carbocycles. The summed E-state index contributed by atoms with van der Waals surface area (Å²) in [5.41, 5.74) is 2.47. The number of amides is 1. The predicted octanol–water partition coefficient (Wildman–Crippen LogP) is 4.53. The smallest absolute Gasteiger partial charge is 0.277 e. The van der Waals surface area contributed by atoms with E-state index in [0.29, 0.717) is 17.0 Å². The fraction of sp³-hybridized carbons (Fsp3) is 0.136. The molecule has 0 aliphatic carbocycles. The second-order valence-electron chi connectivity index (χ2n) is 6.58. The predicted molar refractivity (Wildman–Crippen MR) is 109 cm³/mol. The SMILES string of the molecule is CCc1ccc(OCn2cc(NC(=O)c3cc(-c4ccc(F)cc4)on3)cn2)cc1. The van der Waals surface area contributed by atoms with Gasteiger partial charge in [-0.05, 0) is 48.4 Å². The molecule has 0 saturated heterocycles. The second-order valence-corrected chi connectivity index (χ2v) is 6.58. The highest BCUT2D eigenvalue weighted by molar-refractivity contribution is 6.03. The summed E-state index contributed by atoms with van der Waals surface area (Å²) in [5, 5.41) is 10.7. The van der Waals surface area contributed by atoms with Crippen LogP contribution >= 0.6 is 0 Å². The molecule has 0 unspecified atom stereocenters. The van der Waals surface area contributed by atoms with Gasteiger partial charge in [-0.1, -0.05) is 24.2 Å². The zero-order valence-corrected chi connectivity index (χ0v) is 16.2. The molecule has 0 bridgehead atoms. The zero-order valence-electron chi connectivity index (χ0n) is 16.2. The van der Waals surface area contributed by atoms with Gasteiger partial charge in [-0.25, -0.2) is 9.07 Å². The Balaban J connectivity index is 1.35. The number of nitrogens with one attached hydrogen (secondary N) is 1. The minimum absolute atomic E-state index is 0.106. The van der Waals surface area contributed by atoms with Gasteiger partial charge in [-0.2, -0.15) is 5.10 Å². The molecular weight excluding hydrogens is 387 g/mol. The summed E-state index contributed by atoms with van der Waals surface area (Å²) < 4.78 is 25.5. The lowest BCUT2D eigenvalue weighted by atomic mass is 10.1. The quantitative estimate of drug-likeness (QED) is 0.488. The van der Waals surface area contributed by atoms with Gasteiger partial charge in [0.25, 0.3) is 5.91 Å². The van der Waals surface area contributed by atoms with Crippen LogP contribution in [0.3, 0.4) is 0 Å². The molecule has 1 amide bonds. The Bertz CT molecular complexity index is 1130. The first-order valence-corrected chi connectivity index (χ1v) is 9.39. The molecular formula is C22H19FN4O3. The van der Waals surface area contributed by atoms with E-state index >= 15 is 0 Å². The third kappa shape index (κ3) is 4.54. The molecule has 0 atom stereocenters. The van der Waals surface area contributed by atoms with Crippen molar-refractivity contribution >= 4 is 11.6 Å². The van der Waals surface area contributed by atoms with E-state index in [1.807, 2.05) is 24.3 Å². The molecule has 2 heterocycles. The lowest BCUT2D eigenvalue weighted by Gasteiger charge is -2.06. The van der Waals surface area contributed by atoms with E-state index in [0.717, 1.165) is 12.2 Å². The monoisotopic (exact) mass is 406 g/mol. The maximum Gasteiger partial charge on any atom is 0.277 e. The standard InChI is InChI=1S/C22H19FN4O3/c1-2-15-3-9-19(10-4-15)29-14-27-13-18(12-24-27)25-22(28)20-11-21(30-26-20)16-5-7-17(23)8-6-16/h3-13H,2,14H2,1H3,(H,25,28). The fourth-order valence-electron chi connectivity index (χ4n) is 2.79. The summed E-state index contributed by atoms with van der Waals surface area (Å²) in [7, 11) is 0. The number of hydrogen-bond acceptors (Lipinski definition) is 5. The van der Waals surface area contributed by atoms with Crippen molar-refractivity contribution in [1.82, 2.24) is 14.9 Å². The van der Waals surface area contributed by atoms with Gasteiger partial charge in [-0.3, -0.25) is 4.79 Å². The Labute approximate surface area is 172 Å². The van der Waals surface area contributed by atoms with Crippen LogP contribution in [0.4, 0.5) is 10.1 Å². The van der Waals surface area contributed by atoms with Crippen molar-refractivity contribution in [3.8, 4) is 17.1 Å². The van der Waals surface area contributed by atoms with Crippen molar-refractivity contribution in [2.24, 2.45) is 0 Å². The summed E-state index contributed by atoms with van der Waals surface area (Å²) in [6, 6.07) is 15.1. The van der Waals surface area contributed by atoms with E-state index < -0.39 is 5.91 Å². The first-order chi connectivity index (χ1) is 14.6. The van der Waals surface area contributed by atoms with Crippen LogP contribution in [0.1, 0.15) is 23.0 Å². The van der Waals surface area contributed by atoms with Crippen molar-refractivity contribution in [2.75, 3.05) is 5.32 Å². The Kier molecular flexibility index (Phi) is 5.56. The number of ether oxygens (including phenoxy) is 1.